The highest BCUT2D eigenvalue weighted by molar-refractivity contribution is 5.96. The first-order valence-corrected chi connectivity index (χ1v) is 34.3. The zero-order valence-corrected chi connectivity index (χ0v) is 59.0. The van der Waals surface area contributed by atoms with Gasteiger partial charge in [0.05, 0.1) is 106 Å². The van der Waals surface area contributed by atoms with Crippen LogP contribution in [0.4, 0.5) is 0 Å². The lowest BCUT2D eigenvalue weighted by Gasteiger charge is -2.31. The largest absolute Gasteiger partial charge is 0.496 e. The fourth-order valence-electron chi connectivity index (χ4n) is 15.7. The number of hydrogen-bond acceptors (Lipinski definition) is 18. The number of allylic oxidation sites excluding steroid dienone is 4. The molecule has 7 aromatic rings. The zero-order chi connectivity index (χ0) is 70.2. The molecule has 2 N–H and O–H groups in total. The number of hydrogen-bond donors (Lipinski definition) is 2. The van der Waals surface area contributed by atoms with E-state index in [1.54, 1.807) is 56.9 Å². The van der Waals surface area contributed by atoms with Crippen LogP contribution in [-0.2, 0) is 51.0 Å². The molecule has 12 rings (SSSR count). The number of fused-ring (bicyclic) bond motifs is 16. The number of ether oxygens (including phenoxy) is 12. The molecule has 3 aromatic heterocycles. The Morgan fingerprint density at radius 2 is 0.550 bits per heavy atom. The molecule has 0 spiro atoms. The van der Waals surface area contributed by atoms with Crippen LogP contribution < -0.4 is 37.9 Å². The number of H-pyrrole nitrogens is 2. The van der Waals surface area contributed by atoms with E-state index in [9.17, 15) is 19.2 Å². The molecule has 0 fully saturated rings. The Balaban J connectivity index is 1.19. The summed E-state index contributed by atoms with van der Waals surface area (Å²) in [5.41, 5.74) is 17.9. The number of aryl methyl sites for hydroxylation is 4. The first-order chi connectivity index (χ1) is 48.5. The van der Waals surface area contributed by atoms with E-state index in [-0.39, 0.29) is 103 Å². The number of methoxy groups -OCH3 is 8. The van der Waals surface area contributed by atoms with Crippen molar-refractivity contribution in [2.45, 2.75) is 128 Å². The van der Waals surface area contributed by atoms with E-state index in [1.807, 2.05) is 76.2 Å². The van der Waals surface area contributed by atoms with Crippen molar-refractivity contribution < 1.29 is 76.0 Å². The van der Waals surface area contributed by atoms with E-state index >= 15 is 0 Å². The molecule has 20 heteroatoms. The molecule has 4 aromatic carbocycles. The zero-order valence-electron chi connectivity index (χ0n) is 59.0. The summed E-state index contributed by atoms with van der Waals surface area (Å²) >= 11 is 0. The Kier molecular flexibility index (Phi) is 19.7. The predicted octanol–water partition coefficient (Wildman–Crippen LogP) is 14.6. The van der Waals surface area contributed by atoms with Gasteiger partial charge in [0.15, 0.2) is 0 Å². The maximum atomic E-state index is 14.8. The van der Waals surface area contributed by atoms with Gasteiger partial charge in [0, 0.05) is 140 Å². The second kappa shape index (κ2) is 28.9. The molecule has 522 valence electrons. The second-order valence-corrected chi connectivity index (χ2v) is 26.3. The van der Waals surface area contributed by atoms with Crippen LogP contribution in [0.15, 0.2) is 72.8 Å². The van der Waals surface area contributed by atoms with E-state index in [2.05, 4.69) is 34.2 Å². The quantitative estimate of drug-likeness (QED) is 0.106. The fraction of sp³-hybridized carbons (Fsp3) is 0.400. The van der Waals surface area contributed by atoms with E-state index in [1.165, 1.54) is 0 Å². The number of esters is 4. The molecular formula is C80H86N4O16. The summed E-state index contributed by atoms with van der Waals surface area (Å²) in [5.74, 6) is -0.717. The molecule has 4 atom stereocenters. The lowest BCUT2D eigenvalue weighted by molar-refractivity contribution is -0.144. The molecule has 22 bridgehead atoms. The van der Waals surface area contributed by atoms with Crippen LogP contribution in [0.5, 0.6) is 46.0 Å². The van der Waals surface area contributed by atoms with Gasteiger partial charge in [-0.05, 0) is 172 Å². The maximum Gasteiger partial charge on any atom is 0.306 e. The topological polar surface area (TPSA) is 236 Å². The number of aromatic nitrogens is 4. The van der Waals surface area contributed by atoms with Crippen LogP contribution in [0.2, 0.25) is 0 Å². The maximum absolute atomic E-state index is 14.8. The van der Waals surface area contributed by atoms with Gasteiger partial charge in [-0.2, -0.15) is 0 Å². The summed E-state index contributed by atoms with van der Waals surface area (Å²) in [6.07, 6.45) is 1.99. The molecule has 0 saturated heterocycles. The third-order valence-electron chi connectivity index (χ3n) is 21.1. The summed E-state index contributed by atoms with van der Waals surface area (Å²) in [4.78, 5) is 77.4. The predicted molar refractivity (Wildman–Crippen MR) is 378 cm³/mol. The average molecular weight is 1360 g/mol. The molecule has 5 aliphatic rings. The molecule has 20 nitrogen and oxygen atoms in total. The summed E-state index contributed by atoms with van der Waals surface area (Å²) < 4.78 is 77.4. The highest BCUT2D eigenvalue weighted by atomic mass is 16.5. The number of benzene rings is 4. The third-order valence-corrected chi connectivity index (χ3v) is 21.1. The highest BCUT2D eigenvalue weighted by Gasteiger charge is 2.37. The first kappa shape index (κ1) is 68.3. The number of cyclic esters (lactones) is 4. The summed E-state index contributed by atoms with van der Waals surface area (Å²) in [5, 5.41) is 0. The van der Waals surface area contributed by atoms with Crippen molar-refractivity contribution in [2.75, 3.05) is 83.3 Å². The van der Waals surface area contributed by atoms with Gasteiger partial charge in [-0.1, -0.05) is 0 Å². The van der Waals surface area contributed by atoms with Crippen molar-refractivity contribution in [3.05, 3.63) is 162 Å². The van der Waals surface area contributed by atoms with Gasteiger partial charge in [0.1, 0.15) is 46.0 Å². The van der Waals surface area contributed by atoms with Crippen molar-refractivity contribution in [1.82, 2.24) is 19.9 Å². The Bertz CT molecular complexity index is 4400. The lowest BCUT2D eigenvalue weighted by Crippen LogP contribution is -2.18. The van der Waals surface area contributed by atoms with Crippen LogP contribution in [0.25, 0.3) is 44.4 Å². The van der Waals surface area contributed by atoms with E-state index in [0.717, 1.165) is 66.6 Å². The van der Waals surface area contributed by atoms with Gasteiger partial charge in [-0.25, -0.2) is 9.97 Å². The van der Waals surface area contributed by atoms with E-state index < -0.39 is 47.5 Å². The SMILES string of the molecule is COc1cc(OC)c2cc1C1CCOC(=O)CCC3=C(C)c4cc5[nH]c6cc7nc8cc9[nH]c(cc3n4)c(C)c9CCC(=O)OCCC(c3cc1c(OC)cc3OC)c1cc(c(OC)cc1OC)C(CCOC(=O)CCc5c6C)c1cc(c(OC)cc1OC)C2CCOC(=O)CCC7=C8C. The first-order valence-electron chi connectivity index (χ1n) is 34.3. The highest BCUT2D eigenvalue weighted by Crippen LogP contribution is 2.53. The fourth-order valence-corrected chi connectivity index (χ4v) is 15.7. The number of aromatic amines is 2. The third kappa shape index (κ3) is 13.0. The number of nitrogens with one attached hydrogen (secondary N) is 2. The standard InChI is InChI=1S/C80H86N4O16/c1-41-45-13-17-77(85)97-25-21-49-53-29-57(73(93-9)37-69(53)89-5)52-24-28-100-80(88)20-16-48-44(4)63-35-65(45)81-61(41)33-67-47-15-19-79(87)99-27-23-51(59-32-60(52)76(96-12)40-75(59)95-11)58-30-54(70(90-6)38-74(58)94-10)50(56-31-55(49)71(91-7)39-72(56)92-8)22-26-98-78(86)18-14-46-42(2)62(34-68(48)84-63)82-66(46)36-64(83-67)43(47)3/h29-40,49-52,83-84H,13-28H2,1-12H3. The monoisotopic (exact) mass is 1360 g/mol. The molecule has 4 aliphatic heterocycles. The minimum Gasteiger partial charge on any atom is -0.496 e. The average Bonchev–Trinajstić information content (AvgIpc) is 1.01. The van der Waals surface area contributed by atoms with Crippen LogP contribution in [0, 0.1) is 13.8 Å². The summed E-state index contributed by atoms with van der Waals surface area (Å²) in [6.45, 7) is 7.88. The normalized spacial score (nSPS) is 19.1. The molecule has 100 heavy (non-hydrogen) atoms. The number of carbonyl (C=O) groups is 4. The van der Waals surface area contributed by atoms with Gasteiger partial charge in [-0.3, -0.25) is 19.2 Å². The smallest absolute Gasteiger partial charge is 0.306 e. The van der Waals surface area contributed by atoms with Crippen LogP contribution in [-0.4, -0.2) is 127 Å². The Morgan fingerprint density at radius 3 is 0.800 bits per heavy atom. The molecular weight excluding hydrogens is 1270 g/mol. The van der Waals surface area contributed by atoms with E-state index in [4.69, 9.17) is 66.8 Å². The van der Waals surface area contributed by atoms with Gasteiger partial charge >= 0.3 is 23.9 Å². The minimum absolute atomic E-state index is 0.00615. The van der Waals surface area contributed by atoms with Gasteiger partial charge in [0.25, 0.3) is 0 Å². The minimum atomic E-state index is -0.671. The second-order valence-electron chi connectivity index (χ2n) is 26.3. The van der Waals surface area contributed by atoms with Crippen LogP contribution in [0.3, 0.4) is 0 Å². The molecule has 0 amide bonds. The van der Waals surface area contributed by atoms with Crippen molar-refractivity contribution in [2.24, 2.45) is 0 Å². The van der Waals surface area contributed by atoms with E-state index in [0.29, 0.717) is 113 Å². The Hall–Kier alpha value is -10.2. The van der Waals surface area contributed by atoms with Gasteiger partial charge in [-0.15, -0.1) is 0 Å². The Labute approximate surface area is 581 Å². The van der Waals surface area contributed by atoms with Crippen molar-refractivity contribution >= 4 is 68.2 Å². The molecule has 0 saturated carbocycles. The van der Waals surface area contributed by atoms with Crippen molar-refractivity contribution in [1.29, 1.82) is 0 Å². The summed E-state index contributed by atoms with van der Waals surface area (Å²) in [6, 6.07) is 23.7. The van der Waals surface area contributed by atoms with Crippen molar-refractivity contribution in [3.8, 4) is 46.0 Å². The van der Waals surface area contributed by atoms with Gasteiger partial charge < -0.3 is 66.8 Å². The van der Waals surface area contributed by atoms with Crippen molar-refractivity contribution in [3.63, 3.8) is 0 Å². The lowest BCUT2D eigenvalue weighted by atomic mass is 9.77. The molecule has 7 heterocycles. The Morgan fingerprint density at radius 1 is 0.310 bits per heavy atom. The van der Waals surface area contributed by atoms with Crippen LogP contribution >= 0.6 is 0 Å². The number of carbonyl (C=O) groups excluding carboxylic acids is 4. The number of rotatable bonds is 8. The molecule has 1 aliphatic carbocycles. The molecule has 4 unspecified atom stereocenters. The molecule has 0 radical (unpaired) electrons. The van der Waals surface area contributed by atoms with Crippen LogP contribution in [0.1, 0.15) is 191 Å². The van der Waals surface area contributed by atoms with Gasteiger partial charge in [0.2, 0.25) is 0 Å². The number of nitrogens with zero attached hydrogens (tertiary/aromatic N) is 2. The summed E-state index contributed by atoms with van der Waals surface area (Å²) in [7, 11) is 12.8.